The lowest BCUT2D eigenvalue weighted by atomic mass is 9.72. The third kappa shape index (κ3) is 21.2. The summed E-state index contributed by atoms with van der Waals surface area (Å²) in [5.74, 6) is -5.35. The molecule has 2 fully saturated rings. The Kier molecular flexibility index (Phi) is 28.2. The maximum absolute atomic E-state index is 13.7. The lowest BCUT2D eigenvalue weighted by Gasteiger charge is -2.47. The van der Waals surface area contributed by atoms with Crippen LogP contribution < -0.4 is 21.4 Å². The SMILES string of the molecule is C/C=C(\C=C(/C)O)C[C@H](NC(=O)C(NC(=O)C[C@H](O)C(C)[C@H](O)/C=C/C=C/CC/C(C)=C/C=C/CC[C@H](C)[C@@H](O)CC[C@H](C)[C@H](O)[C@H](C)[C@@]1(O)NC(=O)[C@@H](CC)C[C@@H]1C)C(C)C)C(=O)N1CCC[C@@H](C(=O)O)N1. The maximum Gasteiger partial charge on any atom is 0.322 e. The molecule has 2 rings (SSSR count). The third-order valence-corrected chi connectivity index (χ3v) is 14.9. The average Bonchev–Trinajstić information content (AvgIpc) is 3.34. The second kappa shape index (κ2) is 31.9. The molecule has 0 aliphatic carbocycles. The zero-order chi connectivity index (χ0) is 55.2. The van der Waals surface area contributed by atoms with E-state index in [1.54, 1.807) is 46.8 Å². The number of aliphatic carboxylic acids is 1. The lowest BCUT2D eigenvalue weighted by molar-refractivity contribution is -0.170. The topological polar surface area (TPSA) is 278 Å². The van der Waals surface area contributed by atoms with Crippen molar-refractivity contribution in [3.8, 4) is 0 Å². The Morgan fingerprint density at radius 3 is 2.16 bits per heavy atom. The molecular weight excluding hydrogens is 935 g/mol. The number of hydrazine groups is 1. The number of piperidine rings is 1. The number of nitrogens with one attached hydrogen (secondary N) is 4. The van der Waals surface area contributed by atoms with Crippen molar-refractivity contribution in [3.63, 3.8) is 0 Å². The molecule has 73 heavy (non-hydrogen) atoms. The van der Waals surface area contributed by atoms with Crippen LogP contribution in [-0.2, 0) is 24.0 Å². The summed E-state index contributed by atoms with van der Waals surface area (Å²) in [5.41, 5.74) is 2.96. The fourth-order valence-electron chi connectivity index (χ4n) is 9.40. The first-order valence-corrected chi connectivity index (χ1v) is 26.6. The summed E-state index contributed by atoms with van der Waals surface area (Å²) in [6.45, 7) is 20.1. The maximum atomic E-state index is 13.7. The largest absolute Gasteiger partial charge is 0.513 e. The number of carbonyl (C=O) groups is 5. The third-order valence-electron chi connectivity index (χ3n) is 14.9. The lowest BCUT2D eigenvalue weighted by Crippen LogP contribution is -2.65. The minimum absolute atomic E-state index is 0.0108. The van der Waals surface area contributed by atoms with Crippen molar-refractivity contribution in [2.45, 2.75) is 201 Å². The molecule has 17 heteroatoms. The van der Waals surface area contributed by atoms with Gasteiger partial charge < -0.3 is 51.7 Å². The molecule has 14 atom stereocenters. The summed E-state index contributed by atoms with van der Waals surface area (Å²) in [6.07, 6.45) is 18.5. The molecule has 0 aromatic rings. The van der Waals surface area contributed by atoms with E-state index in [0.717, 1.165) is 25.7 Å². The molecule has 2 aliphatic heterocycles. The van der Waals surface area contributed by atoms with Gasteiger partial charge in [0.15, 0.2) is 0 Å². The average molecular weight is 1030 g/mol. The zero-order valence-electron chi connectivity index (χ0n) is 45.6. The van der Waals surface area contributed by atoms with Crippen LogP contribution in [0.5, 0.6) is 0 Å². The van der Waals surface area contributed by atoms with Crippen LogP contribution in [0.25, 0.3) is 0 Å². The number of aliphatic hydroxyl groups is 6. The molecule has 2 aliphatic rings. The molecule has 0 aromatic carbocycles. The highest BCUT2D eigenvalue weighted by Gasteiger charge is 2.49. The van der Waals surface area contributed by atoms with Gasteiger partial charge in [-0.15, -0.1) is 0 Å². The normalized spacial score (nSPS) is 24.7. The molecule has 0 spiro atoms. The number of allylic oxidation sites excluding steroid dienone is 10. The van der Waals surface area contributed by atoms with E-state index >= 15 is 0 Å². The number of carboxylic acids is 1. The van der Waals surface area contributed by atoms with Crippen LogP contribution in [-0.4, -0.2) is 125 Å². The van der Waals surface area contributed by atoms with Gasteiger partial charge >= 0.3 is 5.97 Å². The van der Waals surface area contributed by atoms with Gasteiger partial charge in [0.1, 0.15) is 23.9 Å². The Morgan fingerprint density at radius 2 is 1.55 bits per heavy atom. The van der Waals surface area contributed by atoms with Crippen molar-refractivity contribution >= 4 is 29.6 Å². The van der Waals surface area contributed by atoms with E-state index in [0.29, 0.717) is 44.1 Å². The Hall–Kier alpha value is -4.65. The minimum atomic E-state index is -1.48. The number of carboxylic acid groups (broad SMARTS) is 1. The van der Waals surface area contributed by atoms with Gasteiger partial charge in [-0.25, -0.2) is 5.43 Å². The van der Waals surface area contributed by atoms with Gasteiger partial charge in [-0.05, 0) is 114 Å². The fourth-order valence-corrected chi connectivity index (χ4v) is 9.40. The first kappa shape index (κ1) is 64.5. The van der Waals surface area contributed by atoms with Gasteiger partial charge in [-0.3, -0.25) is 29.0 Å². The first-order chi connectivity index (χ1) is 34.3. The minimum Gasteiger partial charge on any atom is -0.513 e. The highest BCUT2D eigenvalue weighted by atomic mass is 16.4. The van der Waals surface area contributed by atoms with E-state index in [9.17, 15) is 59.7 Å². The summed E-state index contributed by atoms with van der Waals surface area (Å²) < 4.78 is 0. The number of rotatable bonds is 30. The van der Waals surface area contributed by atoms with Crippen molar-refractivity contribution in [3.05, 3.63) is 71.6 Å². The van der Waals surface area contributed by atoms with E-state index < -0.39 is 96.1 Å². The second-order valence-corrected chi connectivity index (χ2v) is 21.3. The van der Waals surface area contributed by atoms with Crippen molar-refractivity contribution < 1.29 is 59.7 Å². The van der Waals surface area contributed by atoms with Crippen molar-refractivity contribution in [1.82, 2.24) is 26.4 Å². The van der Waals surface area contributed by atoms with Crippen LogP contribution in [0, 0.1) is 41.4 Å². The van der Waals surface area contributed by atoms with Crippen LogP contribution in [0.15, 0.2) is 71.6 Å². The van der Waals surface area contributed by atoms with Gasteiger partial charge in [0.05, 0.1) is 36.6 Å². The predicted octanol–water partition coefficient (Wildman–Crippen LogP) is 6.19. The molecule has 414 valence electrons. The molecule has 2 saturated heterocycles. The molecule has 0 radical (unpaired) electrons. The smallest absolute Gasteiger partial charge is 0.322 e. The number of nitrogens with zero attached hydrogens (tertiary/aromatic N) is 1. The zero-order valence-corrected chi connectivity index (χ0v) is 45.6. The van der Waals surface area contributed by atoms with Crippen LogP contribution in [0.1, 0.15) is 153 Å². The van der Waals surface area contributed by atoms with Crippen molar-refractivity contribution in [2.24, 2.45) is 41.4 Å². The van der Waals surface area contributed by atoms with Crippen molar-refractivity contribution in [1.29, 1.82) is 0 Å². The summed E-state index contributed by atoms with van der Waals surface area (Å²) in [5, 5.41) is 84.0. The van der Waals surface area contributed by atoms with Gasteiger partial charge in [0.2, 0.25) is 17.7 Å². The highest BCUT2D eigenvalue weighted by molar-refractivity contribution is 5.92. The summed E-state index contributed by atoms with van der Waals surface area (Å²) in [4.78, 5) is 64.9. The number of aliphatic hydroxyl groups excluding tert-OH is 5. The molecule has 0 aromatic heterocycles. The highest BCUT2D eigenvalue weighted by Crippen LogP contribution is 2.38. The van der Waals surface area contributed by atoms with E-state index in [1.165, 1.54) is 29.7 Å². The molecular formula is C56H93N5O12. The molecule has 17 nitrogen and oxygen atoms in total. The Labute approximate surface area is 435 Å². The van der Waals surface area contributed by atoms with E-state index in [4.69, 9.17) is 0 Å². The van der Waals surface area contributed by atoms with Crippen LogP contribution in [0.2, 0.25) is 0 Å². The predicted molar refractivity (Wildman–Crippen MR) is 284 cm³/mol. The summed E-state index contributed by atoms with van der Waals surface area (Å²) >= 11 is 0. The molecule has 0 bridgehead atoms. The van der Waals surface area contributed by atoms with E-state index in [2.05, 4.69) is 33.5 Å². The van der Waals surface area contributed by atoms with Crippen LogP contribution in [0.3, 0.4) is 0 Å². The fraction of sp³-hybridized carbons (Fsp3) is 0.696. The van der Waals surface area contributed by atoms with Crippen molar-refractivity contribution in [2.75, 3.05) is 6.54 Å². The Balaban J connectivity index is 1.82. The second-order valence-electron chi connectivity index (χ2n) is 21.3. The molecule has 4 amide bonds. The van der Waals surface area contributed by atoms with Gasteiger partial charge in [-0.2, -0.15) is 0 Å². The van der Waals surface area contributed by atoms with E-state index in [1.807, 2.05) is 52.8 Å². The monoisotopic (exact) mass is 1030 g/mol. The molecule has 2 unspecified atom stereocenters. The Morgan fingerprint density at radius 1 is 0.877 bits per heavy atom. The first-order valence-electron chi connectivity index (χ1n) is 26.6. The summed E-state index contributed by atoms with van der Waals surface area (Å²) in [7, 11) is 0. The number of hydrogen-bond donors (Lipinski definition) is 11. The molecule has 2 heterocycles. The van der Waals surface area contributed by atoms with Gasteiger partial charge in [-0.1, -0.05) is 110 Å². The van der Waals surface area contributed by atoms with E-state index in [-0.39, 0.29) is 48.3 Å². The number of hydrogen-bond acceptors (Lipinski definition) is 12. The molecule has 0 saturated carbocycles. The number of carbonyl (C=O) groups excluding carboxylic acids is 4. The Bertz CT molecular complexity index is 1960. The standard InChI is InChI=1S/C56H93N5O12/c1-12-42(31-39(9)62)32-45(54(70)61-29-21-25-44(60-61)55(71)72)57-53(69)50(34(3)4)58-49(66)33-48(65)40(10)47(64)26-20-15-14-17-22-35(5)23-18-16-19-24-36(6)46(63)28-27-37(7)51(67)41(11)56(73)38(8)30-43(13-2)52(68)59-56/h12,14-16,18,20,23,26,31,34,36-38,40-41,43-48,50-51,60,62-65,67,73H,13,17,19,21-22,24-25,27-30,32-33H2,1-11H3,(H,57,69)(H,58,66)(H,59,68)(H,71,72)/b15-14+,18-16+,26-20+,35-23+,39-31+,42-12+/t36-,37-,38-,40?,41-,43-,44-,45-,46-,47+,48-,50?,51-,56+/m0/s1. The summed E-state index contributed by atoms with van der Waals surface area (Å²) in [6, 6.07) is -3.26. The van der Waals surface area contributed by atoms with Crippen LogP contribution >= 0.6 is 0 Å². The van der Waals surface area contributed by atoms with Gasteiger partial charge in [0, 0.05) is 36.6 Å². The quantitative estimate of drug-likeness (QED) is 0.0283. The van der Waals surface area contributed by atoms with Crippen LogP contribution in [0.4, 0.5) is 0 Å². The van der Waals surface area contributed by atoms with Gasteiger partial charge in [0.25, 0.3) is 5.91 Å². The number of amides is 4. The molecule has 11 N–H and O–H groups in total.